The second-order valence-corrected chi connectivity index (χ2v) is 6.14. The molecule has 0 aromatic carbocycles. The van der Waals surface area contributed by atoms with Crippen LogP contribution in [0.3, 0.4) is 0 Å². The maximum atomic E-state index is 4.48. The van der Waals surface area contributed by atoms with Gasteiger partial charge in [-0.05, 0) is 32.1 Å². The van der Waals surface area contributed by atoms with Gasteiger partial charge in [-0.2, -0.15) is 0 Å². The van der Waals surface area contributed by atoms with Crippen molar-refractivity contribution in [3.8, 4) is 0 Å². The summed E-state index contributed by atoms with van der Waals surface area (Å²) in [5.74, 6) is 1.52. The van der Waals surface area contributed by atoms with Crippen molar-refractivity contribution in [1.82, 2.24) is 15.3 Å². The number of hydrogen-bond donors (Lipinski definition) is 1. The van der Waals surface area contributed by atoms with Gasteiger partial charge in [-0.1, -0.05) is 13.8 Å². The Labute approximate surface area is 116 Å². The van der Waals surface area contributed by atoms with Crippen LogP contribution in [0, 0.1) is 5.92 Å². The van der Waals surface area contributed by atoms with E-state index in [4.69, 9.17) is 0 Å². The lowest BCUT2D eigenvalue weighted by Crippen LogP contribution is -2.31. The lowest BCUT2D eigenvalue weighted by molar-refractivity contribution is 0.499. The molecule has 0 bridgehead atoms. The molecule has 1 unspecified atom stereocenters. The molecule has 1 saturated carbocycles. The molecule has 2 rings (SSSR count). The van der Waals surface area contributed by atoms with Crippen LogP contribution < -0.4 is 10.2 Å². The Hall–Kier alpha value is -1.16. The van der Waals surface area contributed by atoms with Crippen LogP contribution in [0.2, 0.25) is 0 Å². The highest BCUT2D eigenvalue weighted by Crippen LogP contribution is 2.19. The number of anilines is 1. The molecule has 0 spiro atoms. The molecular formula is C15H26N4. The zero-order valence-corrected chi connectivity index (χ0v) is 12.6. The molecule has 0 saturated heterocycles. The van der Waals surface area contributed by atoms with Crippen LogP contribution >= 0.6 is 0 Å². The van der Waals surface area contributed by atoms with Gasteiger partial charge in [0.25, 0.3) is 0 Å². The van der Waals surface area contributed by atoms with E-state index >= 15 is 0 Å². The van der Waals surface area contributed by atoms with Gasteiger partial charge < -0.3 is 10.2 Å². The van der Waals surface area contributed by atoms with Crippen LogP contribution in [-0.4, -0.2) is 29.1 Å². The van der Waals surface area contributed by atoms with E-state index in [1.165, 1.54) is 18.4 Å². The van der Waals surface area contributed by atoms with Gasteiger partial charge in [-0.3, -0.25) is 0 Å². The van der Waals surface area contributed by atoms with Crippen molar-refractivity contribution in [1.29, 1.82) is 0 Å². The summed E-state index contributed by atoms with van der Waals surface area (Å²) in [5.41, 5.74) is 1.17. The van der Waals surface area contributed by atoms with E-state index in [-0.39, 0.29) is 0 Å². The van der Waals surface area contributed by atoms with Crippen LogP contribution in [0.5, 0.6) is 0 Å². The van der Waals surface area contributed by atoms with Gasteiger partial charge >= 0.3 is 0 Å². The second-order valence-electron chi connectivity index (χ2n) is 6.14. The molecule has 1 aliphatic rings. The molecule has 1 aromatic heterocycles. The average molecular weight is 262 g/mol. The third-order valence-corrected chi connectivity index (χ3v) is 3.65. The molecule has 1 fully saturated rings. The molecule has 106 valence electrons. The van der Waals surface area contributed by atoms with Crippen LogP contribution in [0.25, 0.3) is 0 Å². The molecular weight excluding hydrogens is 236 g/mol. The Morgan fingerprint density at radius 1 is 1.26 bits per heavy atom. The van der Waals surface area contributed by atoms with Crippen LogP contribution in [0.4, 0.5) is 5.95 Å². The Balaban J connectivity index is 1.88. The van der Waals surface area contributed by atoms with E-state index in [1.807, 2.05) is 12.4 Å². The standard InChI is InChI=1S/C15H26N4/c1-11(2)7-12(3)19(4)15-17-9-13(10-18-15)8-16-14-5-6-14/h9-12,14,16H,5-8H2,1-4H3. The Morgan fingerprint density at radius 2 is 1.89 bits per heavy atom. The number of hydrogen-bond acceptors (Lipinski definition) is 4. The first-order valence-corrected chi connectivity index (χ1v) is 7.33. The molecule has 0 radical (unpaired) electrons. The Bertz CT molecular complexity index is 384. The van der Waals surface area contributed by atoms with Gasteiger partial charge in [0.2, 0.25) is 5.95 Å². The van der Waals surface area contributed by atoms with Gasteiger partial charge in [-0.15, -0.1) is 0 Å². The zero-order chi connectivity index (χ0) is 13.8. The molecule has 19 heavy (non-hydrogen) atoms. The van der Waals surface area contributed by atoms with Crippen molar-refractivity contribution in [3.05, 3.63) is 18.0 Å². The fraction of sp³-hybridized carbons (Fsp3) is 0.733. The molecule has 1 aliphatic carbocycles. The number of nitrogens with zero attached hydrogens (tertiary/aromatic N) is 3. The summed E-state index contributed by atoms with van der Waals surface area (Å²) >= 11 is 0. The van der Waals surface area contributed by atoms with Crippen molar-refractivity contribution in [3.63, 3.8) is 0 Å². The van der Waals surface area contributed by atoms with Gasteiger partial charge in [0.15, 0.2) is 0 Å². The fourth-order valence-corrected chi connectivity index (χ4v) is 2.21. The van der Waals surface area contributed by atoms with Crippen LogP contribution in [0.1, 0.15) is 45.6 Å². The third-order valence-electron chi connectivity index (χ3n) is 3.65. The lowest BCUT2D eigenvalue weighted by atomic mass is 10.0. The van der Waals surface area contributed by atoms with Gasteiger partial charge in [0, 0.05) is 43.6 Å². The molecule has 1 heterocycles. The van der Waals surface area contributed by atoms with Crippen molar-refractivity contribution < 1.29 is 0 Å². The van der Waals surface area contributed by atoms with Crippen molar-refractivity contribution >= 4 is 5.95 Å². The van der Waals surface area contributed by atoms with Gasteiger partial charge in [-0.25, -0.2) is 9.97 Å². The van der Waals surface area contributed by atoms with Crippen molar-refractivity contribution in [2.45, 2.75) is 58.7 Å². The maximum Gasteiger partial charge on any atom is 0.225 e. The van der Waals surface area contributed by atoms with E-state index in [2.05, 4.69) is 48.0 Å². The third kappa shape index (κ3) is 4.46. The minimum atomic E-state index is 0.468. The summed E-state index contributed by atoms with van der Waals surface area (Å²) in [5, 5.41) is 3.48. The van der Waals surface area contributed by atoms with E-state index in [0.717, 1.165) is 25.0 Å². The number of rotatable bonds is 7. The fourth-order valence-electron chi connectivity index (χ4n) is 2.21. The summed E-state index contributed by atoms with van der Waals surface area (Å²) in [6.07, 6.45) is 7.67. The highest BCUT2D eigenvalue weighted by atomic mass is 15.2. The van der Waals surface area contributed by atoms with Gasteiger partial charge in [0.1, 0.15) is 0 Å². The minimum Gasteiger partial charge on any atom is -0.341 e. The van der Waals surface area contributed by atoms with Crippen molar-refractivity contribution in [2.75, 3.05) is 11.9 Å². The molecule has 1 atom stereocenters. The first-order valence-electron chi connectivity index (χ1n) is 7.33. The zero-order valence-electron chi connectivity index (χ0n) is 12.6. The highest BCUT2D eigenvalue weighted by molar-refractivity contribution is 5.29. The lowest BCUT2D eigenvalue weighted by Gasteiger charge is -2.26. The summed E-state index contributed by atoms with van der Waals surface area (Å²) < 4.78 is 0. The predicted octanol–water partition coefficient (Wildman–Crippen LogP) is 2.60. The predicted molar refractivity (Wildman–Crippen MR) is 79.2 cm³/mol. The largest absolute Gasteiger partial charge is 0.341 e. The first kappa shape index (κ1) is 14.3. The Morgan fingerprint density at radius 3 is 2.42 bits per heavy atom. The topological polar surface area (TPSA) is 41.1 Å². The summed E-state index contributed by atoms with van der Waals surface area (Å²) in [7, 11) is 2.07. The monoisotopic (exact) mass is 262 g/mol. The maximum absolute atomic E-state index is 4.48. The molecule has 1 N–H and O–H groups in total. The van der Waals surface area contributed by atoms with E-state index < -0.39 is 0 Å². The van der Waals surface area contributed by atoms with E-state index in [1.54, 1.807) is 0 Å². The van der Waals surface area contributed by atoms with E-state index in [0.29, 0.717) is 12.0 Å². The Kier molecular flexibility index (Phi) is 4.75. The normalized spacial score (nSPS) is 16.7. The number of aromatic nitrogens is 2. The average Bonchev–Trinajstić information content (AvgIpc) is 3.19. The summed E-state index contributed by atoms with van der Waals surface area (Å²) in [6.45, 7) is 7.61. The van der Waals surface area contributed by atoms with Gasteiger partial charge in [0.05, 0.1) is 0 Å². The highest BCUT2D eigenvalue weighted by Gasteiger charge is 2.20. The smallest absolute Gasteiger partial charge is 0.225 e. The van der Waals surface area contributed by atoms with Crippen molar-refractivity contribution in [2.24, 2.45) is 5.92 Å². The molecule has 0 aliphatic heterocycles. The minimum absolute atomic E-state index is 0.468. The number of nitrogens with one attached hydrogen (secondary N) is 1. The van der Waals surface area contributed by atoms with E-state index in [9.17, 15) is 0 Å². The molecule has 4 heteroatoms. The first-order chi connectivity index (χ1) is 9.06. The SMILES string of the molecule is CC(C)CC(C)N(C)c1ncc(CNC2CC2)cn1. The molecule has 1 aromatic rings. The summed E-state index contributed by atoms with van der Waals surface area (Å²) in [6, 6.07) is 1.20. The van der Waals surface area contributed by atoms with Crippen LogP contribution in [0.15, 0.2) is 12.4 Å². The summed E-state index contributed by atoms with van der Waals surface area (Å²) in [4.78, 5) is 11.1. The second kappa shape index (κ2) is 6.33. The molecule has 4 nitrogen and oxygen atoms in total. The quantitative estimate of drug-likeness (QED) is 0.820. The van der Waals surface area contributed by atoms with Crippen LogP contribution in [-0.2, 0) is 6.54 Å². The molecule has 0 amide bonds.